The molecule has 6 heteroatoms. The Balaban J connectivity index is 2.31. The van der Waals surface area contributed by atoms with E-state index in [0.29, 0.717) is 17.8 Å². The summed E-state index contributed by atoms with van der Waals surface area (Å²) in [7, 11) is 0. The SMILES string of the molecule is CCCNc1nc(OC(C)C)nc(-c2ccoc2)n1. The third-order valence-electron chi connectivity index (χ3n) is 2.27. The van der Waals surface area contributed by atoms with Gasteiger partial charge in [-0.2, -0.15) is 15.0 Å². The normalized spacial score (nSPS) is 10.7. The first-order valence-corrected chi connectivity index (χ1v) is 6.38. The molecule has 0 bridgehead atoms. The topological polar surface area (TPSA) is 73.1 Å². The second kappa shape index (κ2) is 6.17. The van der Waals surface area contributed by atoms with Crippen LogP contribution in [-0.2, 0) is 0 Å². The molecule has 2 aromatic rings. The Morgan fingerprint density at radius 1 is 1.32 bits per heavy atom. The van der Waals surface area contributed by atoms with Gasteiger partial charge in [0.05, 0.1) is 17.9 Å². The number of nitrogens with zero attached hydrogens (tertiary/aromatic N) is 3. The van der Waals surface area contributed by atoms with E-state index in [1.165, 1.54) is 0 Å². The molecule has 0 aliphatic carbocycles. The Kier molecular flexibility index (Phi) is 4.33. The molecule has 2 aromatic heterocycles. The minimum absolute atomic E-state index is 0.0126. The van der Waals surface area contributed by atoms with Crippen molar-refractivity contribution >= 4 is 5.95 Å². The van der Waals surface area contributed by atoms with Crippen LogP contribution in [0.5, 0.6) is 6.01 Å². The van der Waals surface area contributed by atoms with Gasteiger partial charge in [-0.25, -0.2) is 0 Å². The van der Waals surface area contributed by atoms with Gasteiger partial charge in [0.2, 0.25) is 5.95 Å². The lowest BCUT2D eigenvalue weighted by molar-refractivity contribution is 0.222. The Morgan fingerprint density at radius 2 is 2.16 bits per heavy atom. The highest BCUT2D eigenvalue weighted by Gasteiger charge is 2.11. The van der Waals surface area contributed by atoms with Gasteiger partial charge < -0.3 is 14.5 Å². The summed E-state index contributed by atoms with van der Waals surface area (Å²) < 4.78 is 10.6. The van der Waals surface area contributed by atoms with Crippen LogP contribution in [0.4, 0.5) is 5.95 Å². The van der Waals surface area contributed by atoms with Crippen LogP contribution in [0, 0.1) is 0 Å². The zero-order valence-electron chi connectivity index (χ0n) is 11.4. The summed E-state index contributed by atoms with van der Waals surface area (Å²) >= 11 is 0. The first-order chi connectivity index (χ1) is 9.19. The maximum atomic E-state index is 5.54. The van der Waals surface area contributed by atoms with Gasteiger partial charge in [0.1, 0.15) is 6.26 Å². The molecule has 0 aliphatic heterocycles. The van der Waals surface area contributed by atoms with Gasteiger partial charge in [0.15, 0.2) is 5.82 Å². The fraction of sp³-hybridized carbons (Fsp3) is 0.462. The molecule has 19 heavy (non-hydrogen) atoms. The maximum Gasteiger partial charge on any atom is 0.322 e. The Bertz CT molecular complexity index is 511. The third kappa shape index (κ3) is 3.67. The first-order valence-electron chi connectivity index (χ1n) is 6.38. The quantitative estimate of drug-likeness (QED) is 0.862. The van der Waals surface area contributed by atoms with Gasteiger partial charge >= 0.3 is 6.01 Å². The average molecular weight is 262 g/mol. The zero-order valence-corrected chi connectivity index (χ0v) is 11.4. The molecule has 6 nitrogen and oxygen atoms in total. The fourth-order valence-electron chi connectivity index (χ4n) is 1.46. The highest BCUT2D eigenvalue weighted by molar-refractivity contribution is 5.54. The van der Waals surface area contributed by atoms with Gasteiger partial charge in [-0.05, 0) is 26.3 Å². The van der Waals surface area contributed by atoms with Crippen molar-refractivity contribution in [2.45, 2.75) is 33.3 Å². The highest BCUT2D eigenvalue weighted by atomic mass is 16.5. The molecule has 0 saturated heterocycles. The predicted molar refractivity (Wildman–Crippen MR) is 72.1 cm³/mol. The van der Waals surface area contributed by atoms with Crippen molar-refractivity contribution in [3.8, 4) is 17.4 Å². The Labute approximate surface area is 112 Å². The molecule has 0 amide bonds. The lowest BCUT2D eigenvalue weighted by Gasteiger charge is -2.10. The van der Waals surface area contributed by atoms with Crippen LogP contribution < -0.4 is 10.1 Å². The van der Waals surface area contributed by atoms with Crippen LogP contribution in [-0.4, -0.2) is 27.6 Å². The van der Waals surface area contributed by atoms with Crippen molar-refractivity contribution in [3.05, 3.63) is 18.6 Å². The van der Waals surface area contributed by atoms with E-state index in [1.807, 2.05) is 13.8 Å². The van der Waals surface area contributed by atoms with Crippen LogP contribution in [0.15, 0.2) is 23.0 Å². The molecule has 0 spiro atoms. The van der Waals surface area contributed by atoms with E-state index in [1.54, 1.807) is 18.6 Å². The molecular formula is C13H18N4O2. The number of hydrogen-bond donors (Lipinski definition) is 1. The molecule has 2 rings (SSSR count). The number of ether oxygens (including phenoxy) is 1. The summed E-state index contributed by atoms with van der Waals surface area (Å²) in [5.41, 5.74) is 0.801. The standard InChI is InChI=1S/C13H18N4O2/c1-4-6-14-12-15-11(10-5-7-18-8-10)16-13(17-12)19-9(2)3/h5,7-9H,4,6H2,1-3H3,(H,14,15,16,17). The fourth-order valence-corrected chi connectivity index (χ4v) is 1.46. The van der Waals surface area contributed by atoms with Gasteiger partial charge in [0.25, 0.3) is 0 Å². The summed E-state index contributed by atoms with van der Waals surface area (Å²) in [4.78, 5) is 12.9. The van der Waals surface area contributed by atoms with E-state index < -0.39 is 0 Å². The predicted octanol–water partition coefficient (Wildman–Crippen LogP) is 2.74. The van der Waals surface area contributed by atoms with Crippen molar-refractivity contribution in [1.82, 2.24) is 15.0 Å². The lowest BCUT2D eigenvalue weighted by atomic mass is 10.3. The van der Waals surface area contributed by atoms with E-state index >= 15 is 0 Å². The second-order valence-electron chi connectivity index (χ2n) is 4.37. The second-order valence-corrected chi connectivity index (χ2v) is 4.37. The van der Waals surface area contributed by atoms with Gasteiger partial charge in [-0.3, -0.25) is 0 Å². The Morgan fingerprint density at radius 3 is 2.79 bits per heavy atom. The minimum atomic E-state index is 0.0126. The van der Waals surface area contributed by atoms with E-state index in [9.17, 15) is 0 Å². The maximum absolute atomic E-state index is 5.54. The van der Waals surface area contributed by atoms with E-state index in [4.69, 9.17) is 9.15 Å². The molecule has 0 aliphatic rings. The number of furan rings is 1. The summed E-state index contributed by atoms with van der Waals surface area (Å²) in [6.07, 6.45) is 4.19. The van der Waals surface area contributed by atoms with Crippen LogP contribution >= 0.6 is 0 Å². The number of rotatable bonds is 6. The monoisotopic (exact) mass is 262 g/mol. The van der Waals surface area contributed by atoms with Crippen LogP contribution in [0.2, 0.25) is 0 Å². The van der Waals surface area contributed by atoms with Crippen molar-refractivity contribution in [2.24, 2.45) is 0 Å². The Hall–Kier alpha value is -2.11. The summed E-state index contributed by atoms with van der Waals surface area (Å²) in [5.74, 6) is 1.06. The summed E-state index contributed by atoms with van der Waals surface area (Å²) in [6.45, 7) is 6.74. The first kappa shape index (κ1) is 13.3. The molecule has 1 N–H and O–H groups in total. The van der Waals surface area contributed by atoms with E-state index in [0.717, 1.165) is 18.5 Å². The molecule has 0 radical (unpaired) electrons. The van der Waals surface area contributed by atoms with Crippen molar-refractivity contribution < 1.29 is 9.15 Å². The smallest absolute Gasteiger partial charge is 0.322 e. The van der Waals surface area contributed by atoms with Crippen molar-refractivity contribution in [2.75, 3.05) is 11.9 Å². The number of hydrogen-bond acceptors (Lipinski definition) is 6. The molecule has 0 fully saturated rings. The largest absolute Gasteiger partial charge is 0.472 e. The van der Waals surface area contributed by atoms with Crippen LogP contribution in [0.1, 0.15) is 27.2 Å². The van der Waals surface area contributed by atoms with E-state index in [2.05, 4.69) is 27.2 Å². The van der Waals surface area contributed by atoms with Gasteiger partial charge in [0, 0.05) is 6.54 Å². The molecule has 0 aromatic carbocycles. The molecule has 2 heterocycles. The minimum Gasteiger partial charge on any atom is -0.472 e. The lowest BCUT2D eigenvalue weighted by Crippen LogP contribution is -2.12. The number of nitrogens with one attached hydrogen (secondary N) is 1. The van der Waals surface area contributed by atoms with Crippen LogP contribution in [0.25, 0.3) is 11.4 Å². The molecule has 0 saturated carbocycles. The van der Waals surface area contributed by atoms with Crippen molar-refractivity contribution in [1.29, 1.82) is 0 Å². The molecule has 102 valence electrons. The van der Waals surface area contributed by atoms with Gasteiger partial charge in [-0.15, -0.1) is 0 Å². The highest BCUT2D eigenvalue weighted by Crippen LogP contribution is 2.19. The molecule has 0 unspecified atom stereocenters. The summed E-state index contributed by atoms with van der Waals surface area (Å²) in [5, 5.41) is 3.14. The molecule has 0 atom stereocenters. The molecular weight excluding hydrogens is 244 g/mol. The summed E-state index contributed by atoms with van der Waals surface area (Å²) in [6, 6.07) is 2.12. The number of anilines is 1. The van der Waals surface area contributed by atoms with Crippen LogP contribution in [0.3, 0.4) is 0 Å². The van der Waals surface area contributed by atoms with E-state index in [-0.39, 0.29) is 6.10 Å². The number of aromatic nitrogens is 3. The third-order valence-corrected chi connectivity index (χ3v) is 2.27. The van der Waals surface area contributed by atoms with Gasteiger partial charge in [-0.1, -0.05) is 6.92 Å². The zero-order chi connectivity index (χ0) is 13.7. The average Bonchev–Trinajstić information content (AvgIpc) is 2.89. The van der Waals surface area contributed by atoms with Crippen molar-refractivity contribution in [3.63, 3.8) is 0 Å².